The first-order chi connectivity index (χ1) is 15.2. The highest BCUT2D eigenvalue weighted by atomic mass is 32.2. The molecule has 3 heterocycles. The molecule has 0 saturated heterocycles. The lowest BCUT2D eigenvalue weighted by Gasteiger charge is -2.19. The summed E-state index contributed by atoms with van der Waals surface area (Å²) in [5.74, 6) is 1.72. The Labute approximate surface area is 188 Å². The van der Waals surface area contributed by atoms with Gasteiger partial charge in [0, 0.05) is 11.9 Å². The van der Waals surface area contributed by atoms with Gasteiger partial charge in [-0.2, -0.15) is 16.4 Å². The van der Waals surface area contributed by atoms with Crippen molar-refractivity contribution in [3.63, 3.8) is 0 Å². The van der Waals surface area contributed by atoms with Crippen molar-refractivity contribution in [1.29, 1.82) is 0 Å². The van der Waals surface area contributed by atoms with E-state index in [4.69, 9.17) is 4.98 Å². The molecule has 10 heteroatoms. The number of rotatable bonds is 7. The van der Waals surface area contributed by atoms with E-state index >= 15 is 0 Å². The van der Waals surface area contributed by atoms with Crippen LogP contribution in [0.15, 0.2) is 30.6 Å². The summed E-state index contributed by atoms with van der Waals surface area (Å²) < 4.78 is 3.69. The number of fused-ring (bicyclic) bond motifs is 2. The van der Waals surface area contributed by atoms with E-state index in [1.54, 1.807) is 34.1 Å². The lowest BCUT2D eigenvalue weighted by atomic mass is 10.1. The first-order valence-corrected chi connectivity index (χ1v) is 12.5. The second kappa shape index (κ2) is 8.43. The van der Waals surface area contributed by atoms with Crippen LogP contribution in [0.25, 0.3) is 16.0 Å². The summed E-state index contributed by atoms with van der Waals surface area (Å²) in [6.45, 7) is 0. The van der Waals surface area contributed by atoms with Gasteiger partial charge in [-0.15, -0.1) is 16.4 Å². The predicted molar refractivity (Wildman–Crippen MR) is 123 cm³/mol. The maximum atomic E-state index is 13.6. The van der Waals surface area contributed by atoms with Crippen molar-refractivity contribution in [2.75, 3.05) is 12.0 Å². The number of imidazole rings is 1. The topological polar surface area (TPSA) is 90.5 Å². The fourth-order valence-corrected chi connectivity index (χ4v) is 6.02. The van der Waals surface area contributed by atoms with Crippen LogP contribution in [0.3, 0.4) is 0 Å². The molecule has 1 atom stereocenters. The van der Waals surface area contributed by atoms with Crippen LogP contribution in [0.2, 0.25) is 0 Å². The lowest BCUT2D eigenvalue weighted by molar-refractivity contribution is 0.0933. The number of thioether (sulfide) groups is 1. The van der Waals surface area contributed by atoms with E-state index in [0.717, 1.165) is 58.9 Å². The number of aryl methyl sites for hydroxylation is 2. The molecule has 160 valence electrons. The number of hydrogen-bond donors (Lipinski definition) is 1. The Hall–Kier alpha value is -2.72. The van der Waals surface area contributed by atoms with Gasteiger partial charge < -0.3 is 9.88 Å². The van der Waals surface area contributed by atoms with Gasteiger partial charge in [-0.25, -0.2) is 4.98 Å². The number of thiophene rings is 1. The molecule has 1 aliphatic carbocycles. The molecule has 0 aliphatic heterocycles. The minimum absolute atomic E-state index is 0.0805. The summed E-state index contributed by atoms with van der Waals surface area (Å²) in [4.78, 5) is 19.7. The lowest BCUT2D eigenvalue weighted by Crippen LogP contribution is -2.31. The molecule has 4 aromatic rings. The van der Waals surface area contributed by atoms with Gasteiger partial charge in [0.05, 0.1) is 22.6 Å². The highest BCUT2D eigenvalue weighted by Gasteiger charge is 2.30. The number of amides is 1. The predicted octanol–water partition coefficient (Wildman–Crippen LogP) is 3.32. The molecule has 1 aromatic carbocycles. The zero-order chi connectivity index (χ0) is 21.4. The summed E-state index contributed by atoms with van der Waals surface area (Å²) in [6.07, 6.45) is 7.43. The van der Waals surface area contributed by atoms with Gasteiger partial charge in [-0.05, 0) is 65.8 Å². The van der Waals surface area contributed by atoms with Crippen LogP contribution in [0, 0.1) is 0 Å². The van der Waals surface area contributed by atoms with Crippen molar-refractivity contribution in [3.05, 3.63) is 52.4 Å². The molecule has 0 radical (unpaired) electrons. The molecule has 0 fully saturated rings. The SMILES string of the molecule is CSCC[C@H](NC(=O)c1c(-n2cnnn2)sc2c1CCC2)c1nc2ccccc2n1C. The fraction of sp³-hybridized carbons (Fsp3) is 0.381. The molecule has 0 spiro atoms. The summed E-state index contributed by atoms with van der Waals surface area (Å²) >= 11 is 3.38. The highest BCUT2D eigenvalue weighted by Crippen LogP contribution is 2.37. The molecule has 3 aromatic heterocycles. The number of tetrazole rings is 1. The number of benzene rings is 1. The molecule has 0 bridgehead atoms. The van der Waals surface area contributed by atoms with E-state index in [1.165, 1.54) is 4.88 Å². The van der Waals surface area contributed by atoms with Crippen molar-refractivity contribution in [1.82, 2.24) is 35.1 Å². The third-order valence-corrected chi connectivity index (χ3v) is 7.66. The Morgan fingerprint density at radius 1 is 1.32 bits per heavy atom. The van der Waals surface area contributed by atoms with Gasteiger partial charge in [0.2, 0.25) is 0 Å². The third kappa shape index (κ3) is 3.63. The highest BCUT2D eigenvalue weighted by molar-refractivity contribution is 7.98. The maximum Gasteiger partial charge on any atom is 0.255 e. The first kappa shape index (κ1) is 20.2. The molecule has 31 heavy (non-hydrogen) atoms. The zero-order valence-electron chi connectivity index (χ0n) is 17.4. The average Bonchev–Trinajstić information content (AvgIpc) is 3.54. The van der Waals surface area contributed by atoms with E-state index in [1.807, 2.05) is 25.2 Å². The number of hydrogen-bond acceptors (Lipinski definition) is 7. The number of carbonyl (C=O) groups is 1. The standard InChI is InChI=1S/C21H23N7OS2/c1-27-16-8-4-3-7-14(16)23-19(27)15(10-11-30-2)24-20(29)18-13-6-5-9-17(13)31-21(18)28-12-22-25-26-28/h3-4,7-8,12,15H,5-6,9-11H2,1-2H3,(H,24,29)/t15-/m0/s1. The van der Waals surface area contributed by atoms with Gasteiger partial charge in [-0.1, -0.05) is 12.1 Å². The fourth-order valence-electron chi connectivity index (χ4n) is 4.25. The zero-order valence-corrected chi connectivity index (χ0v) is 19.0. The van der Waals surface area contributed by atoms with Gasteiger partial charge in [-0.3, -0.25) is 4.79 Å². The molecule has 8 nitrogen and oxygen atoms in total. The maximum absolute atomic E-state index is 13.6. The van der Waals surface area contributed by atoms with E-state index in [2.05, 4.69) is 37.7 Å². The molecule has 1 N–H and O–H groups in total. The van der Waals surface area contributed by atoms with Gasteiger partial charge in [0.1, 0.15) is 17.2 Å². The van der Waals surface area contributed by atoms with Crippen molar-refractivity contribution < 1.29 is 4.79 Å². The second-order valence-electron chi connectivity index (χ2n) is 7.62. The van der Waals surface area contributed by atoms with Crippen LogP contribution < -0.4 is 5.32 Å². The largest absolute Gasteiger partial charge is 0.342 e. The van der Waals surface area contributed by atoms with E-state index in [0.29, 0.717) is 5.56 Å². The van der Waals surface area contributed by atoms with E-state index < -0.39 is 0 Å². The molecule has 0 unspecified atom stereocenters. The normalized spacial score (nSPS) is 14.1. The Morgan fingerprint density at radius 2 is 2.19 bits per heavy atom. The van der Waals surface area contributed by atoms with E-state index in [9.17, 15) is 4.79 Å². The van der Waals surface area contributed by atoms with Gasteiger partial charge >= 0.3 is 0 Å². The molecule has 1 amide bonds. The number of nitrogens with one attached hydrogen (secondary N) is 1. The van der Waals surface area contributed by atoms with Gasteiger partial charge in [0.25, 0.3) is 5.91 Å². The third-order valence-electron chi connectivity index (χ3n) is 5.74. The molecular formula is C21H23N7OS2. The number of carbonyl (C=O) groups excluding carboxylic acids is 1. The minimum Gasteiger partial charge on any atom is -0.342 e. The number of aromatic nitrogens is 6. The summed E-state index contributed by atoms with van der Waals surface area (Å²) in [5.41, 5.74) is 3.85. The molecule has 5 rings (SSSR count). The van der Waals surface area contributed by atoms with E-state index in [-0.39, 0.29) is 11.9 Å². The minimum atomic E-state index is -0.184. The first-order valence-electron chi connectivity index (χ1n) is 10.3. The molecular weight excluding hydrogens is 430 g/mol. The van der Waals surface area contributed by atoms with Crippen LogP contribution in [-0.2, 0) is 19.9 Å². The van der Waals surface area contributed by atoms with Crippen molar-refractivity contribution in [2.45, 2.75) is 31.7 Å². The average molecular weight is 454 g/mol. The second-order valence-corrected chi connectivity index (χ2v) is 9.69. The van der Waals surface area contributed by atoms with Crippen LogP contribution in [0.4, 0.5) is 0 Å². The van der Waals surface area contributed by atoms with Crippen LogP contribution in [0.5, 0.6) is 0 Å². The Balaban J connectivity index is 1.52. The van der Waals surface area contributed by atoms with Crippen LogP contribution in [0.1, 0.15) is 45.5 Å². The monoisotopic (exact) mass is 453 g/mol. The Kier molecular flexibility index (Phi) is 5.49. The number of nitrogens with zero attached hydrogens (tertiary/aromatic N) is 6. The van der Waals surface area contributed by atoms with Crippen LogP contribution in [-0.4, -0.2) is 47.7 Å². The van der Waals surface area contributed by atoms with Crippen molar-refractivity contribution >= 4 is 40.0 Å². The van der Waals surface area contributed by atoms with Crippen molar-refractivity contribution in [3.8, 4) is 5.00 Å². The molecule has 0 saturated carbocycles. The smallest absolute Gasteiger partial charge is 0.255 e. The molecule has 1 aliphatic rings. The summed E-state index contributed by atoms with van der Waals surface area (Å²) in [6, 6.07) is 7.88. The van der Waals surface area contributed by atoms with Gasteiger partial charge in [0.15, 0.2) is 0 Å². The quantitative estimate of drug-likeness (QED) is 0.462. The Bertz CT molecular complexity index is 1230. The Morgan fingerprint density at radius 3 is 2.97 bits per heavy atom. The van der Waals surface area contributed by atoms with Crippen molar-refractivity contribution in [2.24, 2.45) is 7.05 Å². The summed E-state index contributed by atoms with van der Waals surface area (Å²) in [7, 11) is 2.01. The number of para-hydroxylation sites is 2. The summed E-state index contributed by atoms with van der Waals surface area (Å²) in [5, 5.41) is 15.6. The van der Waals surface area contributed by atoms with Crippen LogP contribution >= 0.6 is 23.1 Å².